The molecule has 0 aliphatic heterocycles. The van der Waals surface area contributed by atoms with Crippen molar-refractivity contribution in [2.45, 2.75) is 9.79 Å². The second-order valence-electron chi connectivity index (χ2n) is 5.94. The lowest BCUT2D eigenvalue weighted by Gasteiger charge is -2.00. The number of aromatic carboxylic acids is 1. The summed E-state index contributed by atoms with van der Waals surface area (Å²) in [7, 11) is -8.88. The lowest BCUT2D eigenvalue weighted by molar-refractivity contribution is 0.0690. The van der Waals surface area contributed by atoms with Crippen LogP contribution in [0.4, 0.5) is 5.69 Å². The summed E-state index contributed by atoms with van der Waals surface area (Å²) in [5.41, 5.74) is -1.68. The largest absolute Gasteiger partial charge is 0.477 e. The molecule has 0 radical (unpaired) electrons. The number of nitrogens with one attached hydrogen (secondary N) is 1. The minimum absolute atomic E-state index is 0.0394. The molecule has 0 saturated heterocycles. The van der Waals surface area contributed by atoms with E-state index >= 15 is 0 Å². The van der Waals surface area contributed by atoms with Gasteiger partial charge in [-0.1, -0.05) is 12.1 Å². The summed E-state index contributed by atoms with van der Waals surface area (Å²) in [5.74, 6) is -1.50. The van der Waals surface area contributed by atoms with Crippen LogP contribution >= 0.6 is 0 Å². The molecule has 2 aromatic carbocycles. The number of nitrogens with zero attached hydrogens (tertiary/aromatic N) is 3. The average molecular weight is 468 g/mol. The van der Waals surface area contributed by atoms with Gasteiger partial charge in [0.25, 0.3) is 25.8 Å². The fraction of sp³-hybridized carbons (Fsp3) is 0. The van der Waals surface area contributed by atoms with Crippen LogP contribution in [0.1, 0.15) is 10.5 Å². The SMILES string of the molecule is O=C(O)c1[nH]n(N=Nc2ccc(S(=O)(=O)O)cc2)c(=O)c1-c1ccc(S(=O)(=O)O)cc1. The van der Waals surface area contributed by atoms with Crippen molar-refractivity contribution in [3.05, 3.63) is 64.6 Å². The van der Waals surface area contributed by atoms with Crippen molar-refractivity contribution in [1.29, 1.82) is 0 Å². The molecule has 1 aromatic heterocycles. The van der Waals surface area contributed by atoms with Gasteiger partial charge in [-0.25, -0.2) is 4.79 Å². The van der Waals surface area contributed by atoms with Crippen molar-refractivity contribution >= 4 is 31.9 Å². The van der Waals surface area contributed by atoms with E-state index in [-0.39, 0.29) is 21.7 Å². The fourth-order valence-corrected chi connectivity index (χ4v) is 3.45. The Morgan fingerprint density at radius 2 is 1.35 bits per heavy atom. The lowest BCUT2D eigenvalue weighted by atomic mass is 10.1. The van der Waals surface area contributed by atoms with Gasteiger partial charge in [-0.3, -0.25) is 19.0 Å². The van der Waals surface area contributed by atoms with Crippen LogP contribution in [0.5, 0.6) is 0 Å². The predicted octanol–water partition coefficient (Wildman–Crippen LogP) is 1.58. The third-order valence-electron chi connectivity index (χ3n) is 3.91. The van der Waals surface area contributed by atoms with Crippen LogP contribution in [-0.4, -0.2) is 46.9 Å². The highest BCUT2D eigenvalue weighted by Gasteiger charge is 2.22. The summed E-state index contributed by atoms with van der Waals surface area (Å²) in [6.45, 7) is 0. The van der Waals surface area contributed by atoms with Crippen molar-refractivity contribution in [1.82, 2.24) is 9.89 Å². The standard InChI is InChI=1S/C16H12N4O9S2/c21-15-13(9-1-5-11(6-2-9)30(24,25)26)14(16(22)23)18-20(15)19-17-10-3-7-12(8-4-10)31(27,28)29/h1-8,18H,(H,22,23)(H,24,25,26)(H,27,28,29). The summed E-state index contributed by atoms with van der Waals surface area (Å²) < 4.78 is 62.3. The van der Waals surface area contributed by atoms with Crippen molar-refractivity contribution < 1.29 is 35.8 Å². The fourth-order valence-electron chi connectivity index (χ4n) is 2.49. The molecule has 0 spiro atoms. The molecular weight excluding hydrogens is 456 g/mol. The van der Waals surface area contributed by atoms with Gasteiger partial charge < -0.3 is 5.11 Å². The molecule has 0 atom stereocenters. The zero-order valence-electron chi connectivity index (χ0n) is 15.1. The van der Waals surface area contributed by atoms with E-state index in [2.05, 4.69) is 15.4 Å². The second kappa shape index (κ2) is 7.88. The van der Waals surface area contributed by atoms with E-state index in [0.717, 1.165) is 36.4 Å². The molecule has 0 aliphatic rings. The zero-order chi connectivity index (χ0) is 23.0. The lowest BCUT2D eigenvalue weighted by Crippen LogP contribution is -2.12. The number of hydrogen-bond donors (Lipinski definition) is 4. The molecule has 0 fully saturated rings. The Labute approximate surface area is 173 Å². The quantitative estimate of drug-likeness (QED) is 0.305. The number of carbonyl (C=O) groups is 1. The van der Waals surface area contributed by atoms with Crippen LogP contribution in [0.25, 0.3) is 11.1 Å². The van der Waals surface area contributed by atoms with Crippen LogP contribution in [0.3, 0.4) is 0 Å². The minimum Gasteiger partial charge on any atom is -0.477 e. The molecule has 162 valence electrons. The highest BCUT2D eigenvalue weighted by atomic mass is 32.2. The third-order valence-corrected chi connectivity index (χ3v) is 5.65. The van der Waals surface area contributed by atoms with Gasteiger partial charge >= 0.3 is 5.97 Å². The molecule has 1 heterocycles. The van der Waals surface area contributed by atoms with Crippen molar-refractivity contribution in [3.8, 4) is 11.1 Å². The summed E-state index contributed by atoms with van der Waals surface area (Å²) in [5, 5.41) is 18.9. The summed E-state index contributed by atoms with van der Waals surface area (Å²) in [6, 6.07) is 8.72. The molecule has 0 aliphatic carbocycles. The monoisotopic (exact) mass is 468 g/mol. The number of carboxylic acid groups (broad SMARTS) is 1. The first kappa shape index (κ1) is 22.0. The first-order valence-electron chi connectivity index (χ1n) is 8.04. The molecule has 3 rings (SSSR count). The van der Waals surface area contributed by atoms with Crippen LogP contribution in [0.2, 0.25) is 0 Å². The summed E-state index contributed by atoms with van der Waals surface area (Å²) in [4.78, 5) is 23.8. The van der Waals surface area contributed by atoms with Crippen LogP contribution in [-0.2, 0) is 20.2 Å². The van der Waals surface area contributed by atoms with Gasteiger partial charge in [-0.2, -0.15) is 16.8 Å². The van der Waals surface area contributed by atoms with E-state index < -0.39 is 42.4 Å². The molecule has 0 saturated carbocycles. The van der Waals surface area contributed by atoms with Crippen molar-refractivity contribution in [3.63, 3.8) is 0 Å². The number of hydrogen-bond acceptors (Lipinski definition) is 8. The number of rotatable bonds is 6. The highest BCUT2D eigenvalue weighted by Crippen LogP contribution is 2.22. The van der Waals surface area contributed by atoms with E-state index in [1.54, 1.807) is 0 Å². The van der Waals surface area contributed by atoms with Gasteiger partial charge in [0.1, 0.15) is 0 Å². The van der Waals surface area contributed by atoms with Gasteiger partial charge in [0.15, 0.2) is 5.69 Å². The average Bonchev–Trinajstić information content (AvgIpc) is 3.02. The molecule has 0 bridgehead atoms. The molecular formula is C16H12N4O9S2. The first-order valence-corrected chi connectivity index (χ1v) is 10.9. The highest BCUT2D eigenvalue weighted by molar-refractivity contribution is 7.86. The van der Waals surface area contributed by atoms with Gasteiger partial charge in [0.05, 0.1) is 21.0 Å². The predicted molar refractivity (Wildman–Crippen MR) is 103 cm³/mol. The Balaban J connectivity index is 2.01. The molecule has 0 unspecified atom stereocenters. The molecule has 3 aromatic rings. The number of aromatic nitrogens is 2. The van der Waals surface area contributed by atoms with Gasteiger partial charge in [-0.05, 0) is 47.2 Å². The normalized spacial score (nSPS) is 12.3. The number of carboxylic acids is 1. The van der Waals surface area contributed by atoms with E-state index in [1.807, 2.05) is 0 Å². The van der Waals surface area contributed by atoms with E-state index in [9.17, 15) is 31.5 Å². The smallest absolute Gasteiger partial charge is 0.354 e. The van der Waals surface area contributed by atoms with Crippen molar-refractivity contribution in [2.75, 3.05) is 0 Å². The Morgan fingerprint density at radius 3 is 1.81 bits per heavy atom. The zero-order valence-corrected chi connectivity index (χ0v) is 16.7. The van der Waals surface area contributed by atoms with E-state index in [4.69, 9.17) is 9.11 Å². The number of H-pyrrole nitrogens is 1. The van der Waals surface area contributed by atoms with Crippen LogP contribution < -0.4 is 5.56 Å². The van der Waals surface area contributed by atoms with E-state index in [1.165, 1.54) is 12.1 Å². The molecule has 15 heteroatoms. The maximum atomic E-state index is 12.6. The van der Waals surface area contributed by atoms with Gasteiger partial charge in [0, 0.05) is 0 Å². The molecule has 4 N–H and O–H groups in total. The maximum Gasteiger partial charge on any atom is 0.354 e. The van der Waals surface area contributed by atoms with Gasteiger partial charge in [0.2, 0.25) is 0 Å². The number of benzene rings is 2. The van der Waals surface area contributed by atoms with Crippen LogP contribution in [0.15, 0.2) is 73.5 Å². The Hall–Kier alpha value is -3.66. The third kappa shape index (κ3) is 4.75. The molecule has 31 heavy (non-hydrogen) atoms. The second-order valence-corrected chi connectivity index (χ2v) is 8.78. The van der Waals surface area contributed by atoms with E-state index in [0.29, 0.717) is 4.79 Å². The minimum atomic E-state index is -4.48. The first-order chi connectivity index (χ1) is 14.4. The Kier molecular flexibility index (Phi) is 5.60. The summed E-state index contributed by atoms with van der Waals surface area (Å²) in [6.07, 6.45) is 0. The molecule has 13 nitrogen and oxygen atoms in total. The van der Waals surface area contributed by atoms with Gasteiger partial charge in [-0.15, -0.1) is 9.91 Å². The maximum absolute atomic E-state index is 12.6. The van der Waals surface area contributed by atoms with Crippen LogP contribution in [0, 0.1) is 0 Å². The topological polar surface area (TPSA) is 209 Å². The summed E-state index contributed by atoms with van der Waals surface area (Å²) >= 11 is 0. The molecule has 0 amide bonds. The Morgan fingerprint density at radius 1 is 0.871 bits per heavy atom. The number of aromatic amines is 1. The Bertz CT molecular complexity index is 1450. The van der Waals surface area contributed by atoms with Crippen molar-refractivity contribution in [2.24, 2.45) is 10.3 Å².